The fraction of sp³-hybridized carbons (Fsp3) is 0.417. The van der Waals surface area contributed by atoms with Crippen molar-refractivity contribution >= 4 is 17.6 Å². The summed E-state index contributed by atoms with van der Waals surface area (Å²) in [7, 11) is 0. The molecule has 4 nitrogen and oxygen atoms in total. The molecular weight excluding hydrogens is 244 g/mol. The third-order valence-corrected chi connectivity index (χ3v) is 2.32. The van der Waals surface area contributed by atoms with Gasteiger partial charge in [0.05, 0.1) is 11.6 Å². The molecule has 0 spiro atoms. The molecule has 94 valence electrons. The predicted molar refractivity (Wildman–Crippen MR) is 65.0 cm³/mol. The summed E-state index contributed by atoms with van der Waals surface area (Å²) >= 11 is 5.88. The highest BCUT2D eigenvalue weighted by Gasteiger charge is 2.14. The molecule has 0 amide bonds. The number of para-hydroxylation sites is 1. The van der Waals surface area contributed by atoms with Crippen LogP contribution in [0.25, 0.3) is 0 Å². The van der Waals surface area contributed by atoms with Gasteiger partial charge in [0.25, 0.3) is 0 Å². The molecule has 0 saturated heterocycles. The Labute approximate surface area is 105 Å². The third kappa shape index (κ3) is 4.24. The molecule has 0 atom stereocenters. The second kappa shape index (κ2) is 7.14. The standard InChI is InChI=1S/C12H15ClO4/c1-2-6-16-7-8-17-11-9(12(14)15)4-3-5-10(11)13/h3-5H,2,6-8H2,1H3,(H,14,15). The van der Waals surface area contributed by atoms with Crippen molar-refractivity contribution in [1.82, 2.24) is 0 Å². The van der Waals surface area contributed by atoms with E-state index in [2.05, 4.69) is 0 Å². The molecule has 0 aliphatic heterocycles. The zero-order valence-electron chi connectivity index (χ0n) is 9.61. The summed E-state index contributed by atoms with van der Waals surface area (Å²) in [4.78, 5) is 10.9. The van der Waals surface area contributed by atoms with E-state index in [9.17, 15) is 4.79 Å². The number of hydrogen-bond donors (Lipinski definition) is 1. The first-order valence-corrected chi connectivity index (χ1v) is 5.77. The van der Waals surface area contributed by atoms with E-state index in [0.29, 0.717) is 18.2 Å². The summed E-state index contributed by atoms with van der Waals surface area (Å²) in [5, 5.41) is 9.25. The van der Waals surface area contributed by atoms with Crippen LogP contribution < -0.4 is 4.74 Å². The highest BCUT2D eigenvalue weighted by atomic mass is 35.5. The van der Waals surface area contributed by atoms with E-state index < -0.39 is 5.97 Å². The first kappa shape index (κ1) is 13.8. The van der Waals surface area contributed by atoms with Crippen LogP contribution in [0.5, 0.6) is 5.75 Å². The number of benzene rings is 1. The van der Waals surface area contributed by atoms with Gasteiger partial charge in [0.1, 0.15) is 12.2 Å². The van der Waals surface area contributed by atoms with Gasteiger partial charge in [-0.3, -0.25) is 0 Å². The second-order valence-electron chi connectivity index (χ2n) is 3.38. The molecule has 0 bridgehead atoms. The molecule has 1 aromatic carbocycles. The lowest BCUT2D eigenvalue weighted by atomic mass is 10.2. The minimum Gasteiger partial charge on any atom is -0.489 e. The van der Waals surface area contributed by atoms with Crippen molar-refractivity contribution in [1.29, 1.82) is 0 Å². The molecule has 0 aromatic heterocycles. The number of halogens is 1. The number of hydrogen-bond acceptors (Lipinski definition) is 3. The van der Waals surface area contributed by atoms with Gasteiger partial charge in [0, 0.05) is 6.61 Å². The van der Waals surface area contributed by atoms with Gasteiger partial charge in [-0.25, -0.2) is 4.79 Å². The van der Waals surface area contributed by atoms with Crippen LogP contribution in [0, 0.1) is 0 Å². The van der Waals surface area contributed by atoms with E-state index in [0.717, 1.165) is 6.42 Å². The van der Waals surface area contributed by atoms with Crippen molar-refractivity contribution in [2.45, 2.75) is 13.3 Å². The van der Waals surface area contributed by atoms with Gasteiger partial charge in [-0.1, -0.05) is 24.6 Å². The van der Waals surface area contributed by atoms with Gasteiger partial charge in [0.2, 0.25) is 0 Å². The lowest BCUT2D eigenvalue weighted by molar-refractivity contribution is 0.0685. The maximum Gasteiger partial charge on any atom is 0.339 e. The van der Waals surface area contributed by atoms with E-state index in [4.69, 9.17) is 26.2 Å². The van der Waals surface area contributed by atoms with E-state index in [1.165, 1.54) is 6.07 Å². The Kier molecular flexibility index (Phi) is 5.80. The Morgan fingerprint density at radius 1 is 1.35 bits per heavy atom. The fourth-order valence-corrected chi connectivity index (χ4v) is 1.50. The Morgan fingerprint density at radius 2 is 2.12 bits per heavy atom. The third-order valence-electron chi connectivity index (χ3n) is 2.02. The topological polar surface area (TPSA) is 55.8 Å². The second-order valence-corrected chi connectivity index (χ2v) is 3.79. The fourth-order valence-electron chi connectivity index (χ4n) is 1.27. The first-order chi connectivity index (χ1) is 8.16. The van der Waals surface area contributed by atoms with Gasteiger partial charge >= 0.3 is 5.97 Å². The first-order valence-electron chi connectivity index (χ1n) is 5.39. The normalized spacial score (nSPS) is 10.2. The Morgan fingerprint density at radius 3 is 2.76 bits per heavy atom. The highest BCUT2D eigenvalue weighted by Crippen LogP contribution is 2.28. The molecule has 0 aliphatic carbocycles. The van der Waals surface area contributed by atoms with Crippen molar-refractivity contribution in [3.63, 3.8) is 0 Å². The van der Waals surface area contributed by atoms with Crippen molar-refractivity contribution in [2.75, 3.05) is 19.8 Å². The molecule has 0 aliphatic rings. The number of carboxylic acid groups (broad SMARTS) is 1. The largest absolute Gasteiger partial charge is 0.489 e. The Bertz CT molecular complexity index is 379. The average Bonchev–Trinajstić information content (AvgIpc) is 2.30. The molecule has 0 radical (unpaired) electrons. The van der Waals surface area contributed by atoms with Crippen LogP contribution in [0.1, 0.15) is 23.7 Å². The molecule has 0 heterocycles. The summed E-state index contributed by atoms with van der Waals surface area (Å²) in [5.41, 5.74) is 0.0630. The van der Waals surface area contributed by atoms with E-state index in [-0.39, 0.29) is 17.9 Å². The molecule has 0 saturated carbocycles. The number of rotatable bonds is 7. The van der Waals surface area contributed by atoms with Gasteiger partial charge in [0.15, 0.2) is 5.75 Å². The van der Waals surface area contributed by atoms with Crippen LogP contribution >= 0.6 is 11.6 Å². The average molecular weight is 259 g/mol. The lowest BCUT2D eigenvalue weighted by Crippen LogP contribution is -2.10. The molecule has 1 aromatic rings. The van der Waals surface area contributed by atoms with Gasteiger partial charge in [-0.2, -0.15) is 0 Å². The number of carboxylic acids is 1. The molecule has 0 fully saturated rings. The quantitative estimate of drug-likeness (QED) is 0.764. The molecule has 1 rings (SSSR count). The van der Waals surface area contributed by atoms with Gasteiger partial charge in [-0.15, -0.1) is 0 Å². The maximum absolute atomic E-state index is 10.9. The minimum absolute atomic E-state index is 0.0630. The van der Waals surface area contributed by atoms with Crippen molar-refractivity contribution in [3.8, 4) is 5.75 Å². The maximum atomic E-state index is 10.9. The van der Waals surface area contributed by atoms with Crippen LogP contribution in [0.3, 0.4) is 0 Å². The zero-order chi connectivity index (χ0) is 12.7. The molecule has 5 heteroatoms. The van der Waals surface area contributed by atoms with E-state index in [1.807, 2.05) is 6.92 Å². The van der Waals surface area contributed by atoms with Crippen LogP contribution in [-0.2, 0) is 4.74 Å². The molecular formula is C12H15ClO4. The summed E-state index contributed by atoms with van der Waals surface area (Å²) in [5.74, 6) is -0.862. The monoisotopic (exact) mass is 258 g/mol. The number of carbonyl (C=O) groups is 1. The Hall–Kier alpha value is -1.26. The summed E-state index contributed by atoms with van der Waals surface area (Å²) in [6, 6.07) is 4.62. The number of ether oxygens (including phenoxy) is 2. The molecule has 17 heavy (non-hydrogen) atoms. The van der Waals surface area contributed by atoms with Crippen LogP contribution in [0.4, 0.5) is 0 Å². The minimum atomic E-state index is -1.06. The summed E-state index contributed by atoms with van der Waals surface area (Å²) in [6.45, 7) is 3.37. The van der Waals surface area contributed by atoms with Crippen molar-refractivity contribution in [3.05, 3.63) is 28.8 Å². The van der Waals surface area contributed by atoms with Crippen molar-refractivity contribution in [2.24, 2.45) is 0 Å². The van der Waals surface area contributed by atoms with Crippen LogP contribution in [-0.4, -0.2) is 30.9 Å². The summed E-state index contributed by atoms with van der Waals surface area (Å²) in [6.07, 6.45) is 0.937. The Balaban J connectivity index is 2.60. The zero-order valence-corrected chi connectivity index (χ0v) is 10.4. The smallest absolute Gasteiger partial charge is 0.339 e. The SMILES string of the molecule is CCCOCCOc1c(Cl)cccc1C(=O)O. The van der Waals surface area contributed by atoms with Gasteiger partial charge in [-0.05, 0) is 18.6 Å². The summed E-state index contributed by atoms with van der Waals surface area (Å²) < 4.78 is 10.6. The molecule has 1 N–H and O–H groups in total. The van der Waals surface area contributed by atoms with Crippen LogP contribution in [0.15, 0.2) is 18.2 Å². The van der Waals surface area contributed by atoms with E-state index in [1.54, 1.807) is 12.1 Å². The van der Waals surface area contributed by atoms with Crippen LogP contribution in [0.2, 0.25) is 5.02 Å². The van der Waals surface area contributed by atoms with Crippen molar-refractivity contribution < 1.29 is 19.4 Å². The van der Waals surface area contributed by atoms with Gasteiger partial charge < -0.3 is 14.6 Å². The number of aromatic carboxylic acids is 1. The van der Waals surface area contributed by atoms with E-state index >= 15 is 0 Å². The predicted octanol–water partition coefficient (Wildman–Crippen LogP) is 2.84. The lowest BCUT2D eigenvalue weighted by Gasteiger charge is -2.10. The molecule has 0 unspecified atom stereocenters. The highest BCUT2D eigenvalue weighted by molar-refractivity contribution is 6.32.